The van der Waals surface area contributed by atoms with Crippen LogP contribution in [-0.2, 0) is 0 Å². The molecule has 1 atom stereocenters. The Kier molecular flexibility index (Phi) is 4.27. The minimum atomic E-state index is -0.469. The number of hydrogen-bond acceptors (Lipinski definition) is 3. The molecule has 96 valence electrons. The Hall–Kier alpha value is -2.18. The van der Waals surface area contributed by atoms with Crippen molar-refractivity contribution in [3.05, 3.63) is 53.6 Å². The highest BCUT2D eigenvalue weighted by molar-refractivity contribution is 6.30. The van der Waals surface area contributed by atoms with E-state index in [4.69, 9.17) is 26.3 Å². The number of ether oxygens (including phenoxy) is 2. The van der Waals surface area contributed by atoms with Gasteiger partial charge in [0.1, 0.15) is 23.3 Å². The zero-order valence-electron chi connectivity index (χ0n) is 10.3. The molecule has 3 nitrogen and oxygen atoms in total. The van der Waals surface area contributed by atoms with Gasteiger partial charge in [0.05, 0.1) is 0 Å². The molecule has 0 spiro atoms. The van der Waals surface area contributed by atoms with E-state index >= 15 is 0 Å². The molecule has 1 unspecified atom stereocenters. The summed E-state index contributed by atoms with van der Waals surface area (Å²) < 4.78 is 11.0. The van der Waals surface area contributed by atoms with Crippen LogP contribution in [0.1, 0.15) is 6.92 Å². The summed E-state index contributed by atoms with van der Waals surface area (Å²) in [6.45, 7) is 1.69. The number of benzene rings is 2. The van der Waals surface area contributed by atoms with E-state index in [-0.39, 0.29) is 0 Å². The molecule has 0 amide bonds. The van der Waals surface area contributed by atoms with E-state index in [1.54, 1.807) is 55.5 Å². The Morgan fingerprint density at radius 3 is 1.95 bits per heavy atom. The first-order valence-electron chi connectivity index (χ1n) is 5.77. The molecule has 0 aliphatic carbocycles. The van der Waals surface area contributed by atoms with Gasteiger partial charge in [-0.25, -0.2) is 0 Å². The third kappa shape index (κ3) is 3.90. The summed E-state index contributed by atoms with van der Waals surface area (Å²) in [4.78, 5) is 0. The van der Waals surface area contributed by atoms with Crippen molar-refractivity contribution < 1.29 is 9.47 Å². The predicted molar refractivity (Wildman–Crippen MR) is 73.7 cm³/mol. The third-order valence-electron chi connectivity index (χ3n) is 2.37. The molecule has 0 radical (unpaired) electrons. The van der Waals surface area contributed by atoms with Crippen LogP contribution < -0.4 is 9.47 Å². The molecule has 0 aromatic heterocycles. The molecule has 0 heterocycles. The lowest BCUT2D eigenvalue weighted by molar-refractivity contribution is 0.276. The van der Waals surface area contributed by atoms with Gasteiger partial charge in [-0.15, -0.1) is 0 Å². The van der Waals surface area contributed by atoms with Crippen LogP contribution in [0.3, 0.4) is 0 Å². The standard InChI is InChI=1S/C15H12ClNO2/c1-11(10-17)18-13-6-8-15(9-7-13)19-14-4-2-12(16)3-5-14/h2-9,11H,1H3. The maximum Gasteiger partial charge on any atom is 0.181 e. The predicted octanol–water partition coefficient (Wildman–Crippen LogP) is 4.42. The van der Waals surface area contributed by atoms with E-state index in [9.17, 15) is 0 Å². The second-order valence-corrected chi connectivity index (χ2v) is 4.35. The van der Waals surface area contributed by atoms with E-state index in [2.05, 4.69) is 0 Å². The van der Waals surface area contributed by atoms with Gasteiger partial charge in [-0.2, -0.15) is 5.26 Å². The first-order chi connectivity index (χ1) is 9.17. The van der Waals surface area contributed by atoms with Crippen molar-refractivity contribution >= 4 is 11.6 Å². The normalized spacial score (nSPS) is 11.4. The molecular weight excluding hydrogens is 262 g/mol. The molecule has 19 heavy (non-hydrogen) atoms. The molecular formula is C15H12ClNO2. The van der Waals surface area contributed by atoms with E-state index in [0.717, 1.165) is 0 Å². The van der Waals surface area contributed by atoms with Crippen molar-refractivity contribution in [1.82, 2.24) is 0 Å². The van der Waals surface area contributed by atoms with Crippen LogP contribution in [0, 0.1) is 11.3 Å². The highest BCUT2D eigenvalue weighted by atomic mass is 35.5. The summed E-state index contributed by atoms with van der Waals surface area (Å²) >= 11 is 5.80. The van der Waals surface area contributed by atoms with Crippen LogP contribution in [0.5, 0.6) is 17.2 Å². The summed E-state index contributed by atoms with van der Waals surface area (Å²) in [6.07, 6.45) is -0.469. The van der Waals surface area contributed by atoms with Gasteiger partial charge in [-0.3, -0.25) is 0 Å². The topological polar surface area (TPSA) is 42.2 Å². The average molecular weight is 274 g/mol. The van der Waals surface area contributed by atoms with Gasteiger partial charge in [0.15, 0.2) is 6.10 Å². The molecule has 2 aromatic rings. The van der Waals surface area contributed by atoms with Crippen molar-refractivity contribution in [3.63, 3.8) is 0 Å². The van der Waals surface area contributed by atoms with E-state index in [1.807, 2.05) is 6.07 Å². The summed E-state index contributed by atoms with van der Waals surface area (Å²) in [5.41, 5.74) is 0. The average Bonchev–Trinajstić information content (AvgIpc) is 2.43. The minimum Gasteiger partial charge on any atom is -0.476 e. The number of nitriles is 1. The smallest absolute Gasteiger partial charge is 0.181 e. The van der Waals surface area contributed by atoms with Crippen LogP contribution in [0.25, 0.3) is 0 Å². The lowest BCUT2D eigenvalue weighted by Gasteiger charge is -2.09. The maximum absolute atomic E-state index is 8.66. The van der Waals surface area contributed by atoms with Gasteiger partial charge in [-0.05, 0) is 55.5 Å². The second-order valence-electron chi connectivity index (χ2n) is 3.92. The highest BCUT2D eigenvalue weighted by Gasteiger charge is 2.02. The Labute approximate surface area is 117 Å². The fraction of sp³-hybridized carbons (Fsp3) is 0.133. The lowest BCUT2D eigenvalue weighted by Crippen LogP contribution is -2.07. The molecule has 0 aliphatic rings. The van der Waals surface area contributed by atoms with Crippen molar-refractivity contribution in [1.29, 1.82) is 5.26 Å². The molecule has 0 saturated heterocycles. The highest BCUT2D eigenvalue weighted by Crippen LogP contribution is 2.25. The fourth-order valence-corrected chi connectivity index (χ4v) is 1.58. The third-order valence-corrected chi connectivity index (χ3v) is 2.62. The zero-order valence-corrected chi connectivity index (χ0v) is 11.1. The number of hydrogen-bond donors (Lipinski definition) is 0. The van der Waals surface area contributed by atoms with Crippen LogP contribution in [0.2, 0.25) is 5.02 Å². The summed E-state index contributed by atoms with van der Waals surface area (Å²) in [6, 6.07) is 16.2. The Morgan fingerprint density at radius 1 is 0.947 bits per heavy atom. The fourth-order valence-electron chi connectivity index (χ4n) is 1.46. The van der Waals surface area contributed by atoms with Crippen LogP contribution >= 0.6 is 11.6 Å². The monoisotopic (exact) mass is 273 g/mol. The van der Waals surface area contributed by atoms with Crippen molar-refractivity contribution in [2.75, 3.05) is 0 Å². The molecule has 0 saturated carbocycles. The molecule has 0 bridgehead atoms. The van der Waals surface area contributed by atoms with Crippen molar-refractivity contribution in [2.24, 2.45) is 0 Å². The van der Waals surface area contributed by atoms with Crippen molar-refractivity contribution in [2.45, 2.75) is 13.0 Å². The second kappa shape index (κ2) is 6.12. The van der Waals surface area contributed by atoms with Gasteiger partial charge >= 0.3 is 0 Å². The lowest BCUT2D eigenvalue weighted by atomic mass is 10.3. The van der Waals surface area contributed by atoms with E-state index in [0.29, 0.717) is 22.3 Å². The van der Waals surface area contributed by atoms with Crippen LogP contribution in [-0.4, -0.2) is 6.10 Å². The van der Waals surface area contributed by atoms with E-state index in [1.165, 1.54) is 0 Å². The van der Waals surface area contributed by atoms with Crippen LogP contribution in [0.15, 0.2) is 48.5 Å². The number of rotatable bonds is 4. The Morgan fingerprint density at radius 2 is 1.42 bits per heavy atom. The summed E-state index contributed by atoms with van der Waals surface area (Å²) in [5.74, 6) is 2.04. The Balaban J connectivity index is 2.02. The van der Waals surface area contributed by atoms with Gasteiger partial charge in [0.2, 0.25) is 0 Å². The van der Waals surface area contributed by atoms with Gasteiger partial charge in [-0.1, -0.05) is 11.6 Å². The zero-order chi connectivity index (χ0) is 13.7. The SMILES string of the molecule is CC(C#N)Oc1ccc(Oc2ccc(Cl)cc2)cc1. The van der Waals surface area contributed by atoms with E-state index < -0.39 is 6.10 Å². The molecule has 0 N–H and O–H groups in total. The molecule has 0 fully saturated rings. The molecule has 2 aromatic carbocycles. The van der Waals surface area contributed by atoms with Gasteiger partial charge in [0.25, 0.3) is 0 Å². The van der Waals surface area contributed by atoms with Gasteiger partial charge < -0.3 is 9.47 Å². The number of nitrogens with zero attached hydrogens (tertiary/aromatic N) is 1. The summed E-state index contributed by atoms with van der Waals surface area (Å²) in [7, 11) is 0. The maximum atomic E-state index is 8.66. The first kappa shape index (κ1) is 13.3. The molecule has 0 aliphatic heterocycles. The van der Waals surface area contributed by atoms with Gasteiger partial charge in [0, 0.05) is 5.02 Å². The molecule has 4 heteroatoms. The molecule has 2 rings (SSSR count). The Bertz CT molecular complexity index is 573. The summed E-state index contributed by atoms with van der Waals surface area (Å²) in [5, 5.41) is 9.33. The number of halogens is 1. The van der Waals surface area contributed by atoms with Crippen LogP contribution in [0.4, 0.5) is 0 Å². The van der Waals surface area contributed by atoms with Crippen molar-refractivity contribution in [3.8, 4) is 23.3 Å². The first-order valence-corrected chi connectivity index (χ1v) is 6.15. The minimum absolute atomic E-state index is 0.469. The largest absolute Gasteiger partial charge is 0.476 e. The quantitative estimate of drug-likeness (QED) is 0.828.